The van der Waals surface area contributed by atoms with Crippen molar-refractivity contribution in [3.8, 4) is 34.5 Å². The first-order valence-electron chi connectivity index (χ1n) is 11.9. The fourth-order valence-electron chi connectivity index (χ4n) is 4.69. The molecule has 0 aliphatic heterocycles. The van der Waals surface area contributed by atoms with Crippen LogP contribution in [0.3, 0.4) is 0 Å². The lowest BCUT2D eigenvalue weighted by Crippen LogP contribution is -2.19. The summed E-state index contributed by atoms with van der Waals surface area (Å²) in [5, 5.41) is 59.2. The fraction of sp³-hybridized carbons (Fsp3) is 0.200. The molecule has 0 radical (unpaired) electrons. The molecule has 0 fully saturated rings. The zero-order valence-electron chi connectivity index (χ0n) is 19.7. The van der Waals surface area contributed by atoms with E-state index in [9.17, 15) is 30.6 Å². The molecule has 0 saturated heterocycles. The van der Waals surface area contributed by atoms with E-state index in [0.29, 0.717) is 12.8 Å². The van der Waals surface area contributed by atoms with Crippen LogP contribution in [0.2, 0.25) is 0 Å². The molecule has 0 amide bonds. The summed E-state index contributed by atoms with van der Waals surface area (Å²) in [5.41, 5.74) is 3.82. The van der Waals surface area contributed by atoms with Gasteiger partial charge >= 0.3 is 0 Å². The lowest BCUT2D eigenvalue weighted by atomic mass is 9.76. The highest BCUT2D eigenvalue weighted by atomic mass is 16.3. The minimum absolute atomic E-state index is 0.0254. The number of phenols is 6. The number of benzene rings is 4. The highest BCUT2D eigenvalue weighted by molar-refractivity contribution is 5.43. The van der Waals surface area contributed by atoms with Crippen molar-refractivity contribution < 1.29 is 30.6 Å². The average Bonchev–Trinajstić information content (AvgIpc) is 2.86. The summed E-state index contributed by atoms with van der Waals surface area (Å²) in [7, 11) is 0. The molecular formula is C30H30O6. The Morgan fingerprint density at radius 2 is 0.944 bits per heavy atom. The fourth-order valence-corrected chi connectivity index (χ4v) is 4.69. The van der Waals surface area contributed by atoms with Crippen LogP contribution in [0.25, 0.3) is 0 Å². The smallest absolute Gasteiger partial charge is 0.157 e. The maximum absolute atomic E-state index is 10.1. The van der Waals surface area contributed by atoms with Crippen LogP contribution in [0, 0.1) is 5.92 Å². The zero-order chi connectivity index (χ0) is 25.7. The Balaban J connectivity index is 1.70. The number of hydrogen-bond donors (Lipinski definition) is 6. The van der Waals surface area contributed by atoms with Crippen LogP contribution in [0.5, 0.6) is 34.5 Å². The number of aryl methyl sites for hydroxylation is 1. The quantitative estimate of drug-likeness (QED) is 0.168. The summed E-state index contributed by atoms with van der Waals surface area (Å²) < 4.78 is 0. The molecule has 4 aromatic rings. The molecule has 6 heteroatoms. The summed E-state index contributed by atoms with van der Waals surface area (Å²) in [6, 6.07) is 23.9. The average molecular weight is 487 g/mol. The minimum Gasteiger partial charge on any atom is -0.508 e. The number of aromatic hydroxyl groups is 6. The van der Waals surface area contributed by atoms with E-state index in [1.54, 1.807) is 48.5 Å². The van der Waals surface area contributed by atoms with Gasteiger partial charge in [0, 0.05) is 0 Å². The molecule has 0 bridgehead atoms. The van der Waals surface area contributed by atoms with Gasteiger partial charge in [0.25, 0.3) is 0 Å². The monoisotopic (exact) mass is 486 g/mol. The third-order valence-electron chi connectivity index (χ3n) is 6.66. The molecule has 6 N–H and O–H groups in total. The molecule has 0 aliphatic carbocycles. The molecule has 4 rings (SSSR count). The Morgan fingerprint density at radius 1 is 0.472 bits per heavy atom. The third kappa shape index (κ3) is 6.21. The van der Waals surface area contributed by atoms with Gasteiger partial charge in [-0.1, -0.05) is 36.4 Å². The molecule has 4 aromatic carbocycles. The van der Waals surface area contributed by atoms with Crippen LogP contribution in [-0.2, 0) is 19.3 Å². The molecule has 0 aliphatic rings. The van der Waals surface area contributed by atoms with Crippen molar-refractivity contribution in [1.82, 2.24) is 0 Å². The van der Waals surface area contributed by atoms with Crippen molar-refractivity contribution in [2.45, 2.75) is 31.6 Å². The van der Waals surface area contributed by atoms with E-state index in [-0.39, 0.29) is 46.3 Å². The second-order valence-corrected chi connectivity index (χ2v) is 9.22. The van der Waals surface area contributed by atoms with Crippen molar-refractivity contribution in [3.63, 3.8) is 0 Å². The van der Waals surface area contributed by atoms with Crippen LogP contribution in [0.4, 0.5) is 0 Å². The van der Waals surface area contributed by atoms with Crippen molar-refractivity contribution >= 4 is 0 Å². The van der Waals surface area contributed by atoms with Crippen molar-refractivity contribution in [1.29, 1.82) is 0 Å². The maximum Gasteiger partial charge on any atom is 0.157 e. The van der Waals surface area contributed by atoms with Crippen LogP contribution in [-0.4, -0.2) is 30.6 Å². The first kappa shape index (κ1) is 24.8. The van der Waals surface area contributed by atoms with Gasteiger partial charge in [-0.3, -0.25) is 0 Å². The molecule has 2 atom stereocenters. The Labute approximate surface area is 210 Å². The standard InChI is InChI=1S/C30H30O6/c31-24-9-2-19(3-10-24)1-6-23(15-20-4-13-27(33)29(35)17-20)26(22-7-11-25(32)12-8-22)16-21-5-14-28(34)30(36)18-21/h2-5,7-14,17-18,23,26,31-36H,1,6,15-16H2/t23-,26+/m1/s1. The van der Waals surface area contributed by atoms with Gasteiger partial charge in [0.15, 0.2) is 23.0 Å². The second-order valence-electron chi connectivity index (χ2n) is 9.22. The van der Waals surface area contributed by atoms with Crippen LogP contribution in [0.1, 0.15) is 34.6 Å². The van der Waals surface area contributed by atoms with Crippen LogP contribution in [0.15, 0.2) is 84.9 Å². The van der Waals surface area contributed by atoms with Gasteiger partial charge in [0.2, 0.25) is 0 Å². The highest BCUT2D eigenvalue weighted by Gasteiger charge is 2.25. The van der Waals surface area contributed by atoms with Crippen molar-refractivity contribution in [2.24, 2.45) is 5.92 Å². The molecule has 0 heterocycles. The molecule has 36 heavy (non-hydrogen) atoms. The van der Waals surface area contributed by atoms with Gasteiger partial charge in [-0.2, -0.15) is 0 Å². The van der Waals surface area contributed by atoms with Gasteiger partial charge in [-0.05, 0) is 108 Å². The predicted molar refractivity (Wildman–Crippen MR) is 138 cm³/mol. The topological polar surface area (TPSA) is 121 Å². The number of hydrogen-bond acceptors (Lipinski definition) is 6. The normalized spacial score (nSPS) is 12.8. The maximum atomic E-state index is 10.1. The molecule has 0 saturated carbocycles. The first-order valence-corrected chi connectivity index (χ1v) is 11.9. The molecule has 6 nitrogen and oxygen atoms in total. The molecule has 0 spiro atoms. The lowest BCUT2D eigenvalue weighted by Gasteiger charge is -2.29. The summed E-state index contributed by atoms with van der Waals surface area (Å²) >= 11 is 0. The van der Waals surface area contributed by atoms with E-state index >= 15 is 0 Å². The summed E-state index contributed by atoms with van der Waals surface area (Å²) in [6.07, 6.45) is 2.72. The predicted octanol–water partition coefficient (Wildman–Crippen LogP) is 5.74. The van der Waals surface area contributed by atoms with E-state index in [2.05, 4.69) is 0 Å². The second kappa shape index (κ2) is 11.0. The molecule has 186 valence electrons. The SMILES string of the molecule is Oc1ccc(CC[C@H](Cc2ccc(O)c(O)c2)[C@@H](Cc2ccc(O)c(O)c2)c2ccc(O)cc2)cc1. The van der Waals surface area contributed by atoms with Gasteiger partial charge < -0.3 is 30.6 Å². The van der Waals surface area contributed by atoms with E-state index in [1.807, 2.05) is 24.3 Å². The zero-order valence-corrected chi connectivity index (χ0v) is 19.7. The summed E-state index contributed by atoms with van der Waals surface area (Å²) in [6.45, 7) is 0. The van der Waals surface area contributed by atoms with E-state index in [4.69, 9.17) is 0 Å². The van der Waals surface area contributed by atoms with Crippen LogP contribution >= 0.6 is 0 Å². The summed E-state index contributed by atoms with van der Waals surface area (Å²) in [4.78, 5) is 0. The first-order chi connectivity index (χ1) is 17.3. The Hall–Kier alpha value is -4.32. The molecule has 0 aromatic heterocycles. The van der Waals surface area contributed by atoms with E-state index in [0.717, 1.165) is 35.1 Å². The third-order valence-corrected chi connectivity index (χ3v) is 6.66. The van der Waals surface area contributed by atoms with Gasteiger partial charge in [0.1, 0.15) is 11.5 Å². The Morgan fingerprint density at radius 3 is 1.47 bits per heavy atom. The Bertz CT molecular complexity index is 1300. The van der Waals surface area contributed by atoms with E-state index in [1.165, 1.54) is 12.1 Å². The van der Waals surface area contributed by atoms with Crippen molar-refractivity contribution in [2.75, 3.05) is 0 Å². The Kier molecular flexibility index (Phi) is 7.54. The van der Waals surface area contributed by atoms with Crippen LogP contribution < -0.4 is 0 Å². The highest BCUT2D eigenvalue weighted by Crippen LogP contribution is 2.38. The van der Waals surface area contributed by atoms with E-state index < -0.39 is 0 Å². The number of phenolic OH excluding ortho intramolecular Hbond substituents is 6. The minimum atomic E-state index is -0.180. The number of rotatable bonds is 9. The molecule has 0 unspecified atom stereocenters. The lowest BCUT2D eigenvalue weighted by molar-refractivity contribution is 0.381. The van der Waals surface area contributed by atoms with Crippen molar-refractivity contribution in [3.05, 3.63) is 107 Å². The molecular weight excluding hydrogens is 456 g/mol. The van der Waals surface area contributed by atoms with Gasteiger partial charge in [0.05, 0.1) is 0 Å². The largest absolute Gasteiger partial charge is 0.508 e. The van der Waals surface area contributed by atoms with Gasteiger partial charge in [-0.15, -0.1) is 0 Å². The van der Waals surface area contributed by atoms with Gasteiger partial charge in [-0.25, -0.2) is 0 Å². The summed E-state index contributed by atoms with van der Waals surface area (Å²) in [5.74, 6) is -0.272.